The van der Waals surface area contributed by atoms with E-state index < -0.39 is 0 Å². The van der Waals surface area contributed by atoms with Crippen LogP contribution in [0.15, 0.2) is 12.3 Å². The van der Waals surface area contributed by atoms with Crippen molar-refractivity contribution in [2.45, 2.75) is 59.4 Å². The molecule has 110 valence electrons. The van der Waals surface area contributed by atoms with Crippen LogP contribution in [0.25, 0.3) is 11.2 Å². The van der Waals surface area contributed by atoms with E-state index in [-0.39, 0.29) is 0 Å². The minimum absolute atomic E-state index is 0.795. The number of nitrogens with one attached hydrogen (secondary N) is 1. The van der Waals surface area contributed by atoms with Gasteiger partial charge >= 0.3 is 0 Å². The predicted octanol–water partition coefficient (Wildman–Crippen LogP) is 5.01. The van der Waals surface area contributed by atoms with Crippen LogP contribution in [0.3, 0.4) is 0 Å². The molecule has 2 aromatic heterocycles. The highest BCUT2D eigenvalue weighted by atomic mass is 32.1. The van der Waals surface area contributed by atoms with Gasteiger partial charge in [-0.2, -0.15) is 0 Å². The fraction of sp³-hybridized carbons (Fsp3) is 0.625. The van der Waals surface area contributed by atoms with Gasteiger partial charge in [0.1, 0.15) is 0 Å². The highest BCUT2D eigenvalue weighted by Gasteiger charge is 2.07. The smallest absolute Gasteiger partial charge is 0.179 e. The molecule has 0 aliphatic carbocycles. The zero-order valence-electron chi connectivity index (χ0n) is 12.8. The topological polar surface area (TPSA) is 33.6 Å². The number of hydrogen-bond donors (Lipinski definition) is 1. The first kappa shape index (κ1) is 15.2. The van der Waals surface area contributed by atoms with E-state index in [1.54, 1.807) is 0 Å². The van der Waals surface area contributed by atoms with E-state index in [0.717, 1.165) is 28.4 Å². The molecule has 0 atom stereocenters. The molecule has 0 amide bonds. The minimum Gasteiger partial charge on any atom is -0.329 e. The Morgan fingerprint density at radius 3 is 2.75 bits per heavy atom. The van der Waals surface area contributed by atoms with Gasteiger partial charge < -0.3 is 9.55 Å². The molecule has 0 fully saturated rings. The summed E-state index contributed by atoms with van der Waals surface area (Å²) in [6.07, 6.45) is 8.31. The van der Waals surface area contributed by atoms with Crippen molar-refractivity contribution in [1.82, 2.24) is 14.5 Å². The van der Waals surface area contributed by atoms with Crippen molar-refractivity contribution in [3.05, 3.63) is 22.6 Å². The number of pyridine rings is 1. The fourth-order valence-corrected chi connectivity index (χ4v) is 2.84. The summed E-state index contributed by atoms with van der Waals surface area (Å²) in [4.78, 5) is 7.74. The molecule has 0 unspecified atom stereocenters. The second kappa shape index (κ2) is 7.02. The molecule has 0 spiro atoms. The Hall–Kier alpha value is -1.16. The van der Waals surface area contributed by atoms with E-state index in [4.69, 9.17) is 12.2 Å². The lowest BCUT2D eigenvalue weighted by atomic mass is 10.0. The van der Waals surface area contributed by atoms with Gasteiger partial charge in [0.05, 0.1) is 5.52 Å². The molecule has 0 radical (unpaired) electrons. The molecular formula is C16H25N3S. The van der Waals surface area contributed by atoms with E-state index >= 15 is 0 Å². The third kappa shape index (κ3) is 3.69. The maximum Gasteiger partial charge on any atom is 0.179 e. The first-order chi connectivity index (χ1) is 9.59. The summed E-state index contributed by atoms with van der Waals surface area (Å²) in [5.74, 6) is 0.824. The van der Waals surface area contributed by atoms with Gasteiger partial charge in [0.2, 0.25) is 0 Å². The van der Waals surface area contributed by atoms with Crippen molar-refractivity contribution < 1.29 is 0 Å². The molecular weight excluding hydrogens is 266 g/mol. The summed E-state index contributed by atoms with van der Waals surface area (Å²) >= 11 is 5.42. The van der Waals surface area contributed by atoms with Crippen molar-refractivity contribution >= 4 is 23.4 Å². The number of nitrogens with zero attached hydrogens (tertiary/aromatic N) is 2. The van der Waals surface area contributed by atoms with Crippen molar-refractivity contribution in [2.75, 3.05) is 0 Å². The van der Waals surface area contributed by atoms with Gasteiger partial charge in [0.15, 0.2) is 10.4 Å². The van der Waals surface area contributed by atoms with Crippen LogP contribution in [-0.4, -0.2) is 14.5 Å². The molecule has 20 heavy (non-hydrogen) atoms. The van der Waals surface area contributed by atoms with Crippen LogP contribution >= 0.6 is 12.2 Å². The third-order valence-electron chi connectivity index (χ3n) is 3.79. The molecule has 0 saturated heterocycles. The highest BCUT2D eigenvalue weighted by molar-refractivity contribution is 7.71. The largest absolute Gasteiger partial charge is 0.329 e. The SMILES string of the molecule is Cc1ccnc2c1[nH]c(=S)n2CCCCCCC(C)C. The Bertz CT molecular complexity index is 610. The van der Waals surface area contributed by atoms with E-state index in [2.05, 4.69) is 35.3 Å². The maximum atomic E-state index is 5.42. The number of imidazole rings is 1. The molecule has 2 heterocycles. The van der Waals surface area contributed by atoms with Crippen LogP contribution in [0, 0.1) is 17.6 Å². The van der Waals surface area contributed by atoms with Gasteiger partial charge in [0.25, 0.3) is 0 Å². The van der Waals surface area contributed by atoms with Gasteiger partial charge in [-0.1, -0.05) is 39.5 Å². The Morgan fingerprint density at radius 2 is 2.00 bits per heavy atom. The zero-order valence-corrected chi connectivity index (χ0v) is 13.6. The van der Waals surface area contributed by atoms with Crippen molar-refractivity contribution in [3.8, 4) is 0 Å². The summed E-state index contributed by atoms with van der Waals surface area (Å²) in [7, 11) is 0. The molecule has 0 bridgehead atoms. The van der Waals surface area contributed by atoms with Crippen LogP contribution in [-0.2, 0) is 6.54 Å². The number of unbranched alkanes of at least 4 members (excludes halogenated alkanes) is 3. The molecule has 1 N–H and O–H groups in total. The Kier molecular flexibility index (Phi) is 5.35. The summed E-state index contributed by atoms with van der Waals surface area (Å²) in [6, 6.07) is 2.02. The van der Waals surface area contributed by atoms with Crippen LogP contribution < -0.4 is 0 Å². The van der Waals surface area contributed by atoms with Crippen LogP contribution in [0.4, 0.5) is 0 Å². The van der Waals surface area contributed by atoms with E-state index in [9.17, 15) is 0 Å². The van der Waals surface area contributed by atoms with E-state index in [1.165, 1.54) is 37.7 Å². The van der Waals surface area contributed by atoms with E-state index in [0.29, 0.717) is 0 Å². The lowest BCUT2D eigenvalue weighted by Crippen LogP contribution is -1.99. The lowest BCUT2D eigenvalue weighted by Gasteiger charge is -2.06. The first-order valence-corrected chi connectivity index (χ1v) is 8.04. The number of fused-ring (bicyclic) bond motifs is 1. The molecule has 0 aliphatic heterocycles. The normalized spacial score (nSPS) is 11.6. The quantitative estimate of drug-likeness (QED) is 0.574. The first-order valence-electron chi connectivity index (χ1n) is 7.63. The predicted molar refractivity (Wildman–Crippen MR) is 87.6 cm³/mol. The Balaban J connectivity index is 1.92. The third-order valence-corrected chi connectivity index (χ3v) is 4.11. The molecule has 0 aliphatic rings. The van der Waals surface area contributed by atoms with Gasteiger partial charge in [-0.15, -0.1) is 0 Å². The minimum atomic E-state index is 0.795. The standard InChI is InChI=1S/C16H25N3S/c1-12(2)8-6-4-5-7-11-19-15-14(18-16(19)20)13(3)9-10-17-15/h9-10,12H,4-8,11H2,1-3H3,(H,18,20). The van der Waals surface area contributed by atoms with Crippen molar-refractivity contribution in [3.63, 3.8) is 0 Å². The molecule has 2 aromatic rings. The number of H-pyrrole nitrogens is 1. The zero-order chi connectivity index (χ0) is 14.5. The van der Waals surface area contributed by atoms with E-state index in [1.807, 2.05) is 12.3 Å². The summed E-state index contributed by atoms with van der Waals surface area (Å²) in [5.41, 5.74) is 3.28. The maximum absolute atomic E-state index is 5.42. The molecule has 3 nitrogen and oxygen atoms in total. The fourth-order valence-electron chi connectivity index (χ4n) is 2.56. The average Bonchev–Trinajstić information content (AvgIpc) is 2.71. The molecule has 4 heteroatoms. The van der Waals surface area contributed by atoms with Gasteiger partial charge in [0, 0.05) is 12.7 Å². The van der Waals surface area contributed by atoms with Gasteiger partial charge in [-0.3, -0.25) is 0 Å². The van der Waals surface area contributed by atoms with Crippen molar-refractivity contribution in [2.24, 2.45) is 5.92 Å². The average molecular weight is 291 g/mol. The molecule has 0 saturated carbocycles. The Morgan fingerprint density at radius 1 is 1.25 bits per heavy atom. The second-order valence-electron chi connectivity index (χ2n) is 6.00. The van der Waals surface area contributed by atoms with Crippen LogP contribution in [0.2, 0.25) is 0 Å². The number of rotatable bonds is 7. The number of aromatic amines is 1. The second-order valence-corrected chi connectivity index (χ2v) is 6.39. The number of aromatic nitrogens is 3. The van der Waals surface area contributed by atoms with Crippen LogP contribution in [0.1, 0.15) is 51.5 Å². The van der Waals surface area contributed by atoms with Crippen LogP contribution in [0.5, 0.6) is 0 Å². The monoisotopic (exact) mass is 291 g/mol. The van der Waals surface area contributed by atoms with Crippen molar-refractivity contribution in [1.29, 1.82) is 0 Å². The lowest BCUT2D eigenvalue weighted by molar-refractivity contribution is 0.506. The van der Waals surface area contributed by atoms with Gasteiger partial charge in [-0.25, -0.2) is 4.98 Å². The molecule has 0 aromatic carbocycles. The molecule has 2 rings (SSSR count). The highest BCUT2D eigenvalue weighted by Crippen LogP contribution is 2.17. The number of hydrogen-bond acceptors (Lipinski definition) is 2. The van der Waals surface area contributed by atoms with Gasteiger partial charge in [-0.05, 0) is 43.1 Å². The Labute approximate surface area is 126 Å². The summed E-state index contributed by atoms with van der Waals surface area (Å²) in [6.45, 7) is 7.64. The summed E-state index contributed by atoms with van der Waals surface area (Å²) in [5, 5.41) is 0. The summed E-state index contributed by atoms with van der Waals surface area (Å²) < 4.78 is 2.93. The number of aryl methyl sites for hydroxylation is 2.